The molecule has 3 aromatic rings. The molecule has 0 spiro atoms. The number of halogens is 1. The van der Waals surface area contributed by atoms with Crippen LogP contribution in [0.5, 0.6) is 5.75 Å². The molecule has 0 unspecified atom stereocenters. The third kappa shape index (κ3) is 4.50. The van der Waals surface area contributed by atoms with Crippen molar-refractivity contribution in [2.24, 2.45) is 0 Å². The smallest absolute Gasteiger partial charge is 0.245 e. The Bertz CT molecular complexity index is 1230. The Balaban J connectivity index is 1.27. The van der Waals surface area contributed by atoms with E-state index in [9.17, 15) is 14.0 Å². The molecular formula is C27H31FN4O3. The number of hydrogen-bond acceptors (Lipinski definition) is 4. The fourth-order valence-corrected chi connectivity index (χ4v) is 5.12. The Morgan fingerprint density at radius 1 is 1.03 bits per heavy atom. The number of rotatable bonds is 8. The minimum atomic E-state index is -0.948. The number of nitrogens with one attached hydrogen (secondary N) is 4. The van der Waals surface area contributed by atoms with Gasteiger partial charge in [-0.15, -0.1) is 0 Å². The van der Waals surface area contributed by atoms with Crippen molar-refractivity contribution in [1.29, 1.82) is 0 Å². The largest absolute Gasteiger partial charge is 0.497 e. The summed E-state index contributed by atoms with van der Waals surface area (Å²) in [6, 6.07) is 12.2. The van der Waals surface area contributed by atoms with Crippen molar-refractivity contribution >= 4 is 22.7 Å². The molecule has 1 saturated heterocycles. The molecule has 5 rings (SSSR count). The summed E-state index contributed by atoms with van der Waals surface area (Å²) in [5, 5.41) is 10.3. The number of benzene rings is 2. The van der Waals surface area contributed by atoms with Gasteiger partial charge in [-0.05, 0) is 86.7 Å². The number of fused-ring (bicyclic) bond motifs is 1. The van der Waals surface area contributed by atoms with Gasteiger partial charge in [0.15, 0.2) is 0 Å². The van der Waals surface area contributed by atoms with E-state index in [4.69, 9.17) is 4.74 Å². The lowest BCUT2D eigenvalue weighted by atomic mass is 9.85. The predicted octanol–water partition coefficient (Wildman–Crippen LogP) is 2.94. The monoisotopic (exact) mass is 478 g/mol. The van der Waals surface area contributed by atoms with Crippen LogP contribution >= 0.6 is 0 Å². The second-order valence-electron chi connectivity index (χ2n) is 9.61. The standard InChI is InChI=1S/C27H31FN4O3/c1-35-21-5-2-19(3-6-21)26(9-10-26)24(33)32-27(11-14-29-15-12-27)25(34)30-13-8-18-17-31-23-7-4-20(28)16-22(18)23/h2-7,16-17,29,31H,8-15H2,1H3,(H,30,34)(H,32,33). The SMILES string of the molecule is COc1ccc(C2(C(=O)NC3(C(=O)NCCc4c[nH]c5ccc(F)cc45)CCNCC3)CC2)cc1. The quantitative estimate of drug-likeness (QED) is 0.400. The molecule has 35 heavy (non-hydrogen) atoms. The van der Waals surface area contributed by atoms with Gasteiger partial charge in [0, 0.05) is 23.6 Å². The van der Waals surface area contributed by atoms with Crippen LogP contribution in [0.4, 0.5) is 4.39 Å². The van der Waals surface area contributed by atoms with Gasteiger partial charge >= 0.3 is 0 Å². The van der Waals surface area contributed by atoms with E-state index < -0.39 is 11.0 Å². The molecule has 1 saturated carbocycles. The van der Waals surface area contributed by atoms with Gasteiger partial charge < -0.3 is 25.7 Å². The number of ether oxygens (including phenoxy) is 1. The van der Waals surface area contributed by atoms with Crippen LogP contribution in [0.1, 0.15) is 36.8 Å². The zero-order chi connectivity index (χ0) is 24.5. The van der Waals surface area contributed by atoms with Crippen molar-refractivity contribution < 1.29 is 18.7 Å². The number of H-pyrrole nitrogens is 1. The van der Waals surface area contributed by atoms with Crippen molar-refractivity contribution in [1.82, 2.24) is 20.9 Å². The third-order valence-electron chi connectivity index (χ3n) is 7.48. The van der Waals surface area contributed by atoms with Crippen LogP contribution in [0.15, 0.2) is 48.7 Å². The lowest BCUT2D eigenvalue weighted by molar-refractivity contribution is -0.135. The number of aromatic amines is 1. The molecular weight excluding hydrogens is 447 g/mol. The lowest BCUT2D eigenvalue weighted by Gasteiger charge is -2.38. The van der Waals surface area contributed by atoms with Crippen molar-refractivity contribution in [3.05, 3.63) is 65.6 Å². The highest BCUT2D eigenvalue weighted by Gasteiger charge is 2.54. The molecule has 0 radical (unpaired) electrons. The predicted molar refractivity (Wildman–Crippen MR) is 132 cm³/mol. The zero-order valence-electron chi connectivity index (χ0n) is 19.9. The van der Waals surface area contributed by atoms with Crippen LogP contribution in [-0.4, -0.2) is 49.1 Å². The van der Waals surface area contributed by atoms with E-state index >= 15 is 0 Å². The molecule has 0 bridgehead atoms. The highest BCUT2D eigenvalue weighted by Crippen LogP contribution is 2.49. The van der Waals surface area contributed by atoms with Crippen LogP contribution in [-0.2, 0) is 21.4 Å². The molecule has 0 atom stereocenters. The van der Waals surface area contributed by atoms with Crippen molar-refractivity contribution in [3.63, 3.8) is 0 Å². The summed E-state index contributed by atoms with van der Waals surface area (Å²) in [6.07, 6.45) is 5.00. The Morgan fingerprint density at radius 2 is 1.77 bits per heavy atom. The second-order valence-corrected chi connectivity index (χ2v) is 9.61. The van der Waals surface area contributed by atoms with Crippen molar-refractivity contribution in [3.8, 4) is 5.75 Å². The molecule has 8 heteroatoms. The van der Waals surface area contributed by atoms with Crippen molar-refractivity contribution in [2.75, 3.05) is 26.7 Å². The summed E-state index contributed by atoms with van der Waals surface area (Å²) >= 11 is 0. The first-order valence-electron chi connectivity index (χ1n) is 12.2. The highest BCUT2D eigenvalue weighted by atomic mass is 19.1. The molecule has 7 nitrogen and oxygen atoms in total. The van der Waals surface area contributed by atoms with Gasteiger partial charge in [0.25, 0.3) is 0 Å². The Morgan fingerprint density at radius 3 is 2.46 bits per heavy atom. The zero-order valence-corrected chi connectivity index (χ0v) is 19.9. The van der Waals surface area contributed by atoms with Gasteiger partial charge in [-0.25, -0.2) is 4.39 Å². The summed E-state index contributed by atoms with van der Waals surface area (Å²) in [5.74, 6) is 0.206. The normalized spacial score (nSPS) is 18.1. The van der Waals surface area contributed by atoms with Crippen LogP contribution in [0.2, 0.25) is 0 Å². The maximum atomic E-state index is 13.7. The Kier molecular flexibility index (Phi) is 6.23. The Labute approximate surface area is 203 Å². The van der Waals surface area contributed by atoms with Crippen LogP contribution in [0, 0.1) is 5.82 Å². The molecule has 1 aromatic heterocycles. The fourth-order valence-electron chi connectivity index (χ4n) is 5.12. The molecule has 1 aliphatic carbocycles. The molecule has 2 heterocycles. The van der Waals surface area contributed by atoms with E-state index in [0.717, 1.165) is 40.6 Å². The maximum Gasteiger partial charge on any atom is 0.245 e. The molecule has 184 valence electrons. The van der Waals surface area contributed by atoms with Crippen LogP contribution < -0.4 is 20.7 Å². The number of piperidine rings is 1. The van der Waals surface area contributed by atoms with Crippen LogP contribution in [0.25, 0.3) is 10.9 Å². The average Bonchev–Trinajstić information content (AvgIpc) is 3.61. The van der Waals surface area contributed by atoms with Gasteiger partial charge in [0.2, 0.25) is 11.8 Å². The molecule has 2 aliphatic rings. The van der Waals surface area contributed by atoms with Gasteiger partial charge in [-0.3, -0.25) is 9.59 Å². The van der Waals surface area contributed by atoms with E-state index in [1.165, 1.54) is 12.1 Å². The lowest BCUT2D eigenvalue weighted by Crippen LogP contribution is -2.64. The average molecular weight is 479 g/mol. The van der Waals surface area contributed by atoms with E-state index in [0.29, 0.717) is 38.9 Å². The second kappa shape index (κ2) is 9.34. The molecule has 1 aliphatic heterocycles. The van der Waals surface area contributed by atoms with Gasteiger partial charge in [-0.1, -0.05) is 12.1 Å². The highest BCUT2D eigenvalue weighted by molar-refractivity contribution is 5.97. The summed E-state index contributed by atoms with van der Waals surface area (Å²) in [5.41, 5.74) is 1.23. The summed E-state index contributed by atoms with van der Waals surface area (Å²) in [4.78, 5) is 30.1. The maximum absolute atomic E-state index is 13.7. The number of carbonyl (C=O) groups is 2. The number of hydrogen-bond donors (Lipinski definition) is 4. The Hall–Kier alpha value is -3.39. The van der Waals surface area contributed by atoms with E-state index in [2.05, 4.69) is 20.9 Å². The molecule has 4 N–H and O–H groups in total. The van der Waals surface area contributed by atoms with Gasteiger partial charge in [-0.2, -0.15) is 0 Å². The number of aromatic nitrogens is 1. The summed E-state index contributed by atoms with van der Waals surface area (Å²) in [7, 11) is 1.62. The summed E-state index contributed by atoms with van der Waals surface area (Å²) in [6.45, 7) is 1.72. The third-order valence-corrected chi connectivity index (χ3v) is 7.48. The minimum absolute atomic E-state index is 0.0909. The number of carbonyl (C=O) groups excluding carboxylic acids is 2. The van der Waals surface area contributed by atoms with Crippen molar-refractivity contribution in [2.45, 2.75) is 43.1 Å². The molecule has 2 amide bonds. The topological polar surface area (TPSA) is 95.2 Å². The number of methoxy groups -OCH3 is 1. The van der Waals surface area contributed by atoms with E-state index in [-0.39, 0.29) is 17.6 Å². The van der Waals surface area contributed by atoms with E-state index in [1.807, 2.05) is 30.5 Å². The van der Waals surface area contributed by atoms with Gasteiger partial charge in [0.05, 0.1) is 12.5 Å². The minimum Gasteiger partial charge on any atom is -0.497 e. The molecule has 2 aromatic carbocycles. The summed E-state index contributed by atoms with van der Waals surface area (Å²) < 4.78 is 18.9. The first-order valence-corrected chi connectivity index (χ1v) is 12.2. The first kappa shape index (κ1) is 23.4. The van der Waals surface area contributed by atoms with Gasteiger partial charge in [0.1, 0.15) is 17.1 Å². The van der Waals surface area contributed by atoms with Crippen LogP contribution in [0.3, 0.4) is 0 Å². The fraction of sp³-hybridized carbons (Fsp3) is 0.407. The van der Waals surface area contributed by atoms with E-state index in [1.54, 1.807) is 13.2 Å². The number of amides is 2. The first-order chi connectivity index (χ1) is 17.0. The molecule has 2 fully saturated rings.